The minimum Gasteiger partial charge on any atom is -0.456 e. The molecule has 0 bridgehead atoms. The second-order valence-electron chi connectivity index (χ2n) is 7.88. The molecule has 0 saturated carbocycles. The molecule has 0 amide bonds. The fourth-order valence-corrected chi connectivity index (χ4v) is 4.25. The van der Waals surface area contributed by atoms with Crippen LogP contribution in [0.3, 0.4) is 0 Å². The van der Waals surface area contributed by atoms with Crippen LogP contribution in [0.4, 0.5) is 0 Å². The van der Waals surface area contributed by atoms with Crippen molar-refractivity contribution >= 4 is 27.6 Å². The fraction of sp³-hybridized carbons (Fsp3) is 0.292. The first-order valence-corrected chi connectivity index (χ1v) is 9.77. The van der Waals surface area contributed by atoms with E-state index in [1.807, 2.05) is 12.1 Å². The molecule has 5 rings (SSSR count). The molecule has 0 aliphatic carbocycles. The summed E-state index contributed by atoms with van der Waals surface area (Å²) in [6.45, 7) is 6.26. The van der Waals surface area contributed by atoms with Gasteiger partial charge in [-0.25, -0.2) is 0 Å². The maximum absolute atomic E-state index is 13.3. The number of fused-ring (bicyclic) bond motifs is 5. The molecule has 0 fully saturated rings. The molecule has 0 N–H and O–H groups in total. The van der Waals surface area contributed by atoms with Crippen molar-refractivity contribution in [1.82, 2.24) is 4.90 Å². The van der Waals surface area contributed by atoms with Gasteiger partial charge in [-0.1, -0.05) is 32.1 Å². The van der Waals surface area contributed by atoms with Gasteiger partial charge in [0.15, 0.2) is 0 Å². The molecule has 2 aromatic carbocycles. The summed E-state index contributed by atoms with van der Waals surface area (Å²) in [4.78, 5) is 15.7. The van der Waals surface area contributed by atoms with E-state index >= 15 is 0 Å². The number of allylic oxidation sites excluding steroid dienone is 2. The van der Waals surface area contributed by atoms with E-state index in [0.29, 0.717) is 27.9 Å². The topological polar surface area (TPSA) is 33.5 Å². The number of nitrogens with zero attached hydrogens (tertiary/aromatic N) is 1. The van der Waals surface area contributed by atoms with E-state index in [1.54, 1.807) is 0 Å². The van der Waals surface area contributed by atoms with E-state index in [1.165, 1.54) is 16.8 Å². The summed E-state index contributed by atoms with van der Waals surface area (Å²) >= 11 is 0. The second kappa shape index (κ2) is 6.12. The SMILES string of the molecule is CC(C)c1ccc2oc3cc4c(cc3c(=O)c2c1)C1=CC=CCN1CCC4. The van der Waals surface area contributed by atoms with Crippen LogP contribution in [0.1, 0.15) is 42.9 Å². The first-order valence-electron chi connectivity index (χ1n) is 9.77. The summed E-state index contributed by atoms with van der Waals surface area (Å²) in [5, 5.41) is 1.36. The molecular weight excluding hydrogens is 334 g/mol. The maximum atomic E-state index is 13.3. The van der Waals surface area contributed by atoms with E-state index in [2.05, 4.69) is 55.2 Å². The molecule has 1 aromatic heterocycles. The van der Waals surface area contributed by atoms with Crippen molar-refractivity contribution in [3.05, 3.63) is 75.5 Å². The molecule has 2 aliphatic rings. The van der Waals surface area contributed by atoms with Gasteiger partial charge in [-0.3, -0.25) is 4.79 Å². The molecule has 0 saturated heterocycles. The van der Waals surface area contributed by atoms with E-state index in [-0.39, 0.29) is 5.43 Å². The zero-order chi connectivity index (χ0) is 18.5. The number of hydrogen-bond acceptors (Lipinski definition) is 3. The van der Waals surface area contributed by atoms with E-state index in [4.69, 9.17) is 4.42 Å². The van der Waals surface area contributed by atoms with Crippen LogP contribution < -0.4 is 5.43 Å². The Morgan fingerprint density at radius 1 is 1.07 bits per heavy atom. The highest BCUT2D eigenvalue weighted by Gasteiger charge is 2.21. The Kier molecular flexibility index (Phi) is 3.71. The Morgan fingerprint density at radius 2 is 1.93 bits per heavy atom. The Balaban J connectivity index is 1.80. The van der Waals surface area contributed by atoms with Crippen LogP contribution in [0.5, 0.6) is 0 Å². The van der Waals surface area contributed by atoms with Crippen LogP contribution in [0, 0.1) is 0 Å². The monoisotopic (exact) mass is 357 g/mol. The molecule has 0 spiro atoms. The largest absolute Gasteiger partial charge is 0.456 e. The third-order valence-electron chi connectivity index (χ3n) is 5.79. The van der Waals surface area contributed by atoms with Gasteiger partial charge in [0.25, 0.3) is 0 Å². The highest BCUT2D eigenvalue weighted by molar-refractivity contribution is 5.92. The highest BCUT2D eigenvalue weighted by atomic mass is 16.3. The van der Waals surface area contributed by atoms with E-state index in [0.717, 1.165) is 31.5 Å². The Morgan fingerprint density at radius 3 is 2.78 bits per heavy atom. The zero-order valence-corrected chi connectivity index (χ0v) is 15.8. The molecular formula is C24H23NO2. The maximum Gasteiger partial charge on any atom is 0.200 e. The van der Waals surface area contributed by atoms with Gasteiger partial charge >= 0.3 is 0 Å². The summed E-state index contributed by atoms with van der Waals surface area (Å²) < 4.78 is 6.16. The van der Waals surface area contributed by atoms with Gasteiger partial charge in [0, 0.05) is 24.4 Å². The fourth-order valence-electron chi connectivity index (χ4n) is 4.25. The van der Waals surface area contributed by atoms with Gasteiger partial charge in [0.2, 0.25) is 5.43 Å². The van der Waals surface area contributed by atoms with Crippen molar-refractivity contribution in [2.24, 2.45) is 0 Å². The number of aryl methyl sites for hydroxylation is 1. The molecule has 27 heavy (non-hydrogen) atoms. The first kappa shape index (κ1) is 16.4. The normalized spacial score (nSPS) is 16.4. The molecule has 2 aliphatic heterocycles. The van der Waals surface area contributed by atoms with Crippen molar-refractivity contribution < 1.29 is 4.42 Å². The smallest absolute Gasteiger partial charge is 0.200 e. The van der Waals surface area contributed by atoms with Crippen molar-refractivity contribution in [2.45, 2.75) is 32.6 Å². The minimum absolute atomic E-state index is 0.0688. The molecule has 3 heterocycles. The van der Waals surface area contributed by atoms with Crippen molar-refractivity contribution in [2.75, 3.05) is 13.1 Å². The predicted molar refractivity (Wildman–Crippen MR) is 111 cm³/mol. The predicted octanol–water partition coefficient (Wildman–Crippen LogP) is 5.23. The summed E-state index contributed by atoms with van der Waals surface area (Å²) in [6.07, 6.45) is 8.58. The molecule has 3 nitrogen and oxygen atoms in total. The minimum atomic E-state index is 0.0688. The molecule has 136 valence electrons. The molecule has 0 unspecified atom stereocenters. The Bertz CT molecular complexity index is 1180. The van der Waals surface area contributed by atoms with Crippen molar-refractivity contribution in [3.63, 3.8) is 0 Å². The van der Waals surface area contributed by atoms with Gasteiger partial charge in [-0.15, -0.1) is 0 Å². The standard InChI is InChI=1S/C24H23NO2/c1-15(2)16-8-9-22-19(12-16)24(26)20-14-18-17(13-23(20)27-22)6-5-11-25-10-4-3-7-21(18)25/h3-4,7-9,12-15H,5-6,10-11H2,1-2H3. The average molecular weight is 357 g/mol. The number of benzene rings is 2. The van der Waals surface area contributed by atoms with Gasteiger partial charge in [0.05, 0.1) is 10.8 Å². The molecule has 3 heteroatoms. The van der Waals surface area contributed by atoms with Gasteiger partial charge in [-0.05, 0) is 60.2 Å². The third kappa shape index (κ3) is 2.61. The van der Waals surface area contributed by atoms with Gasteiger partial charge < -0.3 is 9.32 Å². The van der Waals surface area contributed by atoms with Crippen LogP contribution in [0.25, 0.3) is 27.6 Å². The van der Waals surface area contributed by atoms with Crippen LogP contribution in [-0.4, -0.2) is 18.0 Å². The highest BCUT2D eigenvalue weighted by Crippen LogP contribution is 2.33. The number of rotatable bonds is 1. The summed E-state index contributed by atoms with van der Waals surface area (Å²) in [7, 11) is 0. The lowest BCUT2D eigenvalue weighted by molar-refractivity contribution is 0.432. The zero-order valence-electron chi connectivity index (χ0n) is 15.8. The summed E-state index contributed by atoms with van der Waals surface area (Å²) in [6, 6.07) is 10.1. The molecule has 0 atom stereocenters. The van der Waals surface area contributed by atoms with Crippen molar-refractivity contribution in [1.29, 1.82) is 0 Å². The molecule has 3 aromatic rings. The second-order valence-corrected chi connectivity index (χ2v) is 7.88. The summed E-state index contributed by atoms with van der Waals surface area (Å²) in [5.41, 5.74) is 6.27. The first-order chi connectivity index (χ1) is 13.1. The Labute approximate surface area is 158 Å². The van der Waals surface area contributed by atoms with E-state index < -0.39 is 0 Å². The lowest BCUT2D eigenvalue weighted by Crippen LogP contribution is -2.24. The van der Waals surface area contributed by atoms with Gasteiger partial charge in [0.1, 0.15) is 11.2 Å². The van der Waals surface area contributed by atoms with Crippen LogP contribution in [0.15, 0.2) is 57.8 Å². The lowest BCUT2D eigenvalue weighted by atomic mass is 9.97. The van der Waals surface area contributed by atoms with Crippen LogP contribution >= 0.6 is 0 Å². The van der Waals surface area contributed by atoms with E-state index in [9.17, 15) is 4.79 Å². The van der Waals surface area contributed by atoms with Crippen LogP contribution in [-0.2, 0) is 6.42 Å². The molecule has 0 radical (unpaired) electrons. The number of hydrogen-bond donors (Lipinski definition) is 0. The summed E-state index contributed by atoms with van der Waals surface area (Å²) in [5.74, 6) is 0.379. The van der Waals surface area contributed by atoms with Gasteiger partial charge in [-0.2, -0.15) is 0 Å². The quantitative estimate of drug-likeness (QED) is 0.559. The average Bonchev–Trinajstić information content (AvgIpc) is 2.85. The lowest BCUT2D eigenvalue weighted by Gasteiger charge is -2.27. The van der Waals surface area contributed by atoms with Crippen LogP contribution in [0.2, 0.25) is 0 Å². The Hall–Kier alpha value is -2.81. The van der Waals surface area contributed by atoms with Crippen molar-refractivity contribution in [3.8, 4) is 0 Å². The third-order valence-corrected chi connectivity index (χ3v) is 5.79.